The van der Waals surface area contributed by atoms with Crippen LogP contribution in [0, 0.1) is 20.2 Å². The molecule has 0 N–H and O–H groups in total. The van der Waals surface area contributed by atoms with Crippen molar-refractivity contribution in [2.24, 2.45) is 4.99 Å². The highest BCUT2D eigenvalue weighted by atomic mass is 16.6. The topological polar surface area (TPSA) is 108 Å². The fourth-order valence-electron chi connectivity index (χ4n) is 3.09. The number of aliphatic imine (C=N–C) groups is 1. The van der Waals surface area contributed by atoms with E-state index in [0.717, 1.165) is 23.8 Å². The van der Waals surface area contributed by atoms with Crippen LogP contribution in [-0.4, -0.2) is 22.7 Å². The largest absolute Gasteiger partial charge is 0.494 e. The Hall–Kier alpha value is -3.29. The van der Waals surface area contributed by atoms with E-state index in [2.05, 4.69) is 11.9 Å². The molecule has 0 amide bonds. The molecule has 0 unspecified atom stereocenters. The number of hydrogen-bond acceptors (Lipinski definition) is 6. The maximum atomic E-state index is 11.0. The fourth-order valence-corrected chi connectivity index (χ4v) is 3.09. The molecule has 2 rings (SSSR count). The number of unbranched alkanes of at least 4 members (excludes halogenated alkanes) is 7. The summed E-state index contributed by atoms with van der Waals surface area (Å²) in [4.78, 5) is 24.7. The summed E-state index contributed by atoms with van der Waals surface area (Å²) >= 11 is 0. The summed E-state index contributed by atoms with van der Waals surface area (Å²) < 4.78 is 5.76. The van der Waals surface area contributed by atoms with E-state index in [1.165, 1.54) is 63.3 Å². The van der Waals surface area contributed by atoms with Crippen LogP contribution in [-0.2, 0) is 0 Å². The van der Waals surface area contributed by atoms with Gasteiger partial charge in [-0.25, -0.2) is 0 Å². The van der Waals surface area contributed by atoms with Gasteiger partial charge in [-0.15, -0.1) is 0 Å². The Labute approximate surface area is 182 Å². The number of hydrogen-bond donors (Lipinski definition) is 0. The van der Waals surface area contributed by atoms with Crippen LogP contribution in [0.25, 0.3) is 0 Å². The van der Waals surface area contributed by atoms with Crippen LogP contribution in [0.3, 0.4) is 0 Å². The molecule has 8 nitrogen and oxygen atoms in total. The van der Waals surface area contributed by atoms with E-state index < -0.39 is 9.85 Å². The first-order valence-electron chi connectivity index (χ1n) is 10.7. The summed E-state index contributed by atoms with van der Waals surface area (Å²) in [6, 6.07) is 10.6. The smallest absolute Gasteiger partial charge is 0.278 e. The quantitative estimate of drug-likeness (QED) is 0.143. The zero-order valence-electron chi connectivity index (χ0n) is 17.9. The van der Waals surface area contributed by atoms with Crippen LogP contribution >= 0.6 is 0 Å². The molecule has 0 aliphatic carbocycles. The average molecular weight is 428 g/mol. The third-order valence-electron chi connectivity index (χ3n) is 4.82. The molecule has 0 atom stereocenters. The number of nitrogens with zero attached hydrogens (tertiary/aromatic N) is 3. The van der Waals surface area contributed by atoms with E-state index in [0.29, 0.717) is 6.61 Å². The molecular formula is C23H29N3O5. The molecule has 0 fully saturated rings. The Bertz CT molecular complexity index is 849. The lowest BCUT2D eigenvalue weighted by Gasteiger charge is -2.06. The van der Waals surface area contributed by atoms with Crippen molar-refractivity contribution in [2.75, 3.05) is 6.61 Å². The van der Waals surface area contributed by atoms with Crippen molar-refractivity contribution in [3.8, 4) is 5.75 Å². The SMILES string of the molecule is CCCCCCCCCCOc1ccc(C=Nc2cc([N+](=O)[O-])cc([N+](=O)[O-])c2)cc1. The third kappa shape index (κ3) is 8.94. The second kappa shape index (κ2) is 13.1. The molecule has 0 aliphatic heterocycles. The van der Waals surface area contributed by atoms with Gasteiger partial charge in [0.1, 0.15) is 5.75 Å². The van der Waals surface area contributed by atoms with Gasteiger partial charge in [-0.1, -0.05) is 51.9 Å². The van der Waals surface area contributed by atoms with Crippen LogP contribution < -0.4 is 4.74 Å². The summed E-state index contributed by atoms with van der Waals surface area (Å²) in [6.07, 6.45) is 11.5. The van der Waals surface area contributed by atoms with Crippen molar-refractivity contribution in [1.82, 2.24) is 0 Å². The van der Waals surface area contributed by atoms with Gasteiger partial charge in [0.05, 0.1) is 28.2 Å². The van der Waals surface area contributed by atoms with Crippen LogP contribution in [0.4, 0.5) is 17.1 Å². The van der Waals surface area contributed by atoms with Gasteiger partial charge in [0.15, 0.2) is 0 Å². The van der Waals surface area contributed by atoms with Gasteiger partial charge < -0.3 is 4.74 Å². The van der Waals surface area contributed by atoms with Crippen molar-refractivity contribution in [3.05, 3.63) is 68.3 Å². The van der Waals surface area contributed by atoms with Crippen LogP contribution in [0.15, 0.2) is 47.5 Å². The van der Waals surface area contributed by atoms with Gasteiger partial charge in [-0.2, -0.15) is 0 Å². The van der Waals surface area contributed by atoms with Crippen LogP contribution in [0.5, 0.6) is 5.75 Å². The van der Waals surface area contributed by atoms with Crippen LogP contribution in [0.2, 0.25) is 0 Å². The van der Waals surface area contributed by atoms with Gasteiger partial charge in [-0.3, -0.25) is 25.2 Å². The number of benzene rings is 2. The minimum atomic E-state index is -0.676. The lowest BCUT2D eigenvalue weighted by atomic mass is 10.1. The van der Waals surface area contributed by atoms with E-state index in [4.69, 9.17) is 4.74 Å². The Morgan fingerprint density at radius 3 is 1.94 bits per heavy atom. The van der Waals surface area contributed by atoms with E-state index >= 15 is 0 Å². The number of nitro groups is 2. The molecule has 8 heteroatoms. The first-order valence-corrected chi connectivity index (χ1v) is 10.7. The lowest BCUT2D eigenvalue weighted by molar-refractivity contribution is -0.394. The van der Waals surface area contributed by atoms with E-state index in [1.807, 2.05) is 24.3 Å². The highest BCUT2D eigenvalue weighted by molar-refractivity contribution is 5.82. The molecule has 0 spiro atoms. The summed E-state index contributed by atoms with van der Waals surface area (Å²) in [7, 11) is 0. The summed E-state index contributed by atoms with van der Waals surface area (Å²) in [5, 5.41) is 21.9. The summed E-state index contributed by atoms with van der Waals surface area (Å²) in [5.74, 6) is 0.770. The molecular weight excluding hydrogens is 398 g/mol. The highest BCUT2D eigenvalue weighted by Gasteiger charge is 2.15. The minimum absolute atomic E-state index is 0.149. The summed E-state index contributed by atoms with van der Waals surface area (Å²) in [5.41, 5.74) is 0.168. The highest BCUT2D eigenvalue weighted by Crippen LogP contribution is 2.27. The number of nitro benzene ring substituents is 2. The molecule has 0 aromatic heterocycles. The van der Waals surface area contributed by atoms with Gasteiger partial charge >= 0.3 is 0 Å². The molecule has 0 radical (unpaired) electrons. The average Bonchev–Trinajstić information content (AvgIpc) is 2.77. The Balaban J connectivity index is 1.81. The second-order valence-corrected chi connectivity index (χ2v) is 7.37. The molecule has 0 aliphatic rings. The number of ether oxygens (including phenoxy) is 1. The first-order chi connectivity index (χ1) is 15.0. The molecule has 0 saturated heterocycles. The third-order valence-corrected chi connectivity index (χ3v) is 4.82. The Morgan fingerprint density at radius 1 is 0.839 bits per heavy atom. The monoisotopic (exact) mass is 427 g/mol. The fraction of sp³-hybridized carbons (Fsp3) is 0.435. The maximum absolute atomic E-state index is 11.0. The Morgan fingerprint density at radius 2 is 1.39 bits per heavy atom. The van der Waals surface area contributed by atoms with Gasteiger partial charge in [0.25, 0.3) is 11.4 Å². The summed E-state index contributed by atoms with van der Waals surface area (Å²) in [6.45, 7) is 2.90. The van der Waals surface area contributed by atoms with Crippen molar-refractivity contribution in [3.63, 3.8) is 0 Å². The van der Waals surface area contributed by atoms with Gasteiger partial charge in [0, 0.05) is 18.3 Å². The Kier molecular flexibility index (Phi) is 10.1. The van der Waals surface area contributed by atoms with E-state index in [9.17, 15) is 20.2 Å². The normalized spacial score (nSPS) is 11.0. The standard InChI is InChI=1S/C23H29N3O5/c1-2-3-4-5-6-7-8-9-14-31-23-12-10-19(11-13-23)18-24-20-15-21(25(27)28)17-22(16-20)26(29)30/h10-13,15-18H,2-9,14H2,1H3. The first kappa shape index (κ1) is 24.0. The molecule has 31 heavy (non-hydrogen) atoms. The predicted octanol–water partition coefficient (Wildman–Crippen LogP) is 6.77. The molecule has 2 aromatic carbocycles. The molecule has 166 valence electrons. The van der Waals surface area contributed by atoms with E-state index in [-0.39, 0.29) is 17.1 Å². The molecule has 2 aromatic rings. The van der Waals surface area contributed by atoms with Gasteiger partial charge in [-0.05, 0) is 36.2 Å². The van der Waals surface area contributed by atoms with Crippen molar-refractivity contribution in [2.45, 2.75) is 58.3 Å². The minimum Gasteiger partial charge on any atom is -0.494 e. The van der Waals surface area contributed by atoms with Crippen molar-refractivity contribution >= 4 is 23.3 Å². The van der Waals surface area contributed by atoms with E-state index in [1.54, 1.807) is 0 Å². The molecule has 0 bridgehead atoms. The van der Waals surface area contributed by atoms with Crippen LogP contribution in [0.1, 0.15) is 63.9 Å². The lowest BCUT2D eigenvalue weighted by Crippen LogP contribution is -1.97. The zero-order valence-corrected chi connectivity index (χ0v) is 17.9. The zero-order chi connectivity index (χ0) is 22.5. The molecule has 0 heterocycles. The second-order valence-electron chi connectivity index (χ2n) is 7.37. The van der Waals surface area contributed by atoms with Crippen molar-refractivity contribution in [1.29, 1.82) is 0 Å². The van der Waals surface area contributed by atoms with Gasteiger partial charge in [0.2, 0.25) is 0 Å². The van der Waals surface area contributed by atoms with Crippen molar-refractivity contribution < 1.29 is 14.6 Å². The number of non-ortho nitro benzene ring substituents is 2. The predicted molar refractivity (Wildman–Crippen MR) is 122 cm³/mol. The molecule has 0 saturated carbocycles. The maximum Gasteiger partial charge on any atom is 0.278 e. The number of rotatable bonds is 14.